The predicted octanol–water partition coefficient (Wildman–Crippen LogP) is 4.69. The molecule has 0 unspecified atom stereocenters. The van der Waals surface area contributed by atoms with E-state index in [1.807, 2.05) is 12.1 Å². The Balaban J connectivity index is 2.02. The topological polar surface area (TPSA) is 54.0 Å². The molecule has 0 aliphatic carbocycles. The number of benzene rings is 1. The summed E-state index contributed by atoms with van der Waals surface area (Å²) in [5.41, 5.74) is 4.45. The van der Waals surface area contributed by atoms with Crippen molar-refractivity contribution in [3.05, 3.63) is 59.4 Å². The molecule has 0 aliphatic heterocycles. The van der Waals surface area contributed by atoms with Gasteiger partial charge in [0.05, 0.1) is 0 Å². The summed E-state index contributed by atoms with van der Waals surface area (Å²) < 4.78 is 0. The average Bonchev–Trinajstić information content (AvgIpc) is 2.55. The molecular weight excluding hydrogens is 298 g/mol. The van der Waals surface area contributed by atoms with E-state index in [1.165, 1.54) is 11.1 Å². The molecule has 2 rings (SSSR count). The van der Waals surface area contributed by atoms with Gasteiger partial charge in [0.1, 0.15) is 0 Å². The largest absolute Gasteiger partial charge is 0.338 e. The van der Waals surface area contributed by atoms with Gasteiger partial charge in [-0.25, -0.2) is 4.79 Å². The van der Waals surface area contributed by atoms with Gasteiger partial charge in [-0.15, -0.1) is 0 Å². The quantitative estimate of drug-likeness (QED) is 0.809. The van der Waals surface area contributed by atoms with Crippen molar-refractivity contribution in [1.82, 2.24) is 10.3 Å². The van der Waals surface area contributed by atoms with Gasteiger partial charge in [0, 0.05) is 24.6 Å². The fourth-order valence-electron chi connectivity index (χ4n) is 2.72. The van der Waals surface area contributed by atoms with Crippen molar-refractivity contribution in [1.29, 1.82) is 0 Å². The molecule has 2 amide bonds. The van der Waals surface area contributed by atoms with Gasteiger partial charge in [0.2, 0.25) is 0 Å². The van der Waals surface area contributed by atoms with Gasteiger partial charge in [-0.3, -0.25) is 4.98 Å². The molecule has 2 N–H and O–H groups in total. The van der Waals surface area contributed by atoms with Gasteiger partial charge < -0.3 is 10.6 Å². The van der Waals surface area contributed by atoms with Crippen molar-refractivity contribution in [2.24, 2.45) is 0 Å². The molecule has 0 spiro atoms. The lowest BCUT2D eigenvalue weighted by atomic mass is 9.93. The van der Waals surface area contributed by atoms with Crippen LogP contribution >= 0.6 is 0 Å². The number of hydrogen-bond donors (Lipinski definition) is 2. The second kappa shape index (κ2) is 8.48. The first-order chi connectivity index (χ1) is 11.5. The Bertz CT molecular complexity index is 640. The van der Waals surface area contributed by atoms with E-state index in [0.717, 1.165) is 17.7 Å². The van der Waals surface area contributed by atoms with E-state index < -0.39 is 0 Å². The number of hydrogen-bond acceptors (Lipinski definition) is 2. The summed E-state index contributed by atoms with van der Waals surface area (Å²) in [6.07, 6.45) is 4.32. The minimum atomic E-state index is -0.154. The van der Waals surface area contributed by atoms with Gasteiger partial charge in [-0.05, 0) is 47.1 Å². The van der Waals surface area contributed by atoms with Gasteiger partial charge >= 0.3 is 6.03 Å². The zero-order valence-corrected chi connectivity index (χ0v) is 15.0. The first kappa shape index (κ1) is 18.0. The lowest BCUT2D eigenvalue weighted by Crippen LogP contribution is -2.31. The standard InChI is InChI=1S/C20H27N3O/c1-14(2)17-6-5-7-18(15(3)4)19(17)23-20(24)22-13-10-16-8-11-21-12-9-16/h5-9,11-12,14-15H,10,13H2,1-4H3,(H2,22,23,24). The third-order valence-electron chi connectivity index (χ3n) is 4.06. The van der Waals surface area contributed by atoms with Crippen molar-refractivity contribution in [2.75, 3.05) is 11.9 Å². The number of rotatable bonds is 6. The third-order valence-corrected chi connectivity index (χ3v) is 4.06. The number of pyridine rings is 1. The molecule has 4 heteroatoms. The summed E-state index contributed by atoms with van der Waals surface area (Å²) >= 11 is 0. The molecule has 1 heterocycles. The first-order valence-corrected chi connectivity index (χ1v) is 8.55. The highest BCUT2D eigenvalue weighted by Gasteiger charge is 2.15. The van der Waals surface area contributed by atoms with Crippen LogP contribution in [0.3, 0.4) is 0 Å². The fraction of sp³-hybridized carbons (Fsp3) is 0.400. The number of para-hydroxylation sites is 1. The predicted molar refractivity (Wildman–Crippen MR) is 99.6 cm³/mol. The van der Waals surface area contributed by atoms with Crippen molar-refractivity contribution in [3.63, 3.8) is 0 Å². The number of amides is 2. The summed E-state index contributed by atoms with van der Waals surface area (Å²) in [4.78, 5) is 16.3. The lowest BCUT2D eigenvalue weighted by molar-refractivity contribution is 0.252. The van der Waals surface area contributed by atoms with E-state index in [-0.39, 0.29) is 6.03 Å². The average molecular weight is 325 g/mol. The molecule has 4 nitrogen and oxygen atoms in total. The molecule has 2 aromatic rings. The zero-order chi connectivity index (χ0) is 17.5. The summed E-state index contributed by atoms with van der Waals surface area (Å²) in [6, 6.07) is 10.0. The van der Waals surface area contributed by atoms with E-state index in [4.69, 9.17) is 0 Å². The Morgan fingerprint density at radius 1 is 1.00 bits per heavy atom. The molecule has 0 radical (unpaired) electrons. The van der Waals surface area contributed by atoms with Crippen molar-refractivity contribution in [2.45, 2.75) is 46.0 Å². The number of aromatic nitrogens is 1. The van der Waals surface area contributed by atoms with E-state index >= 15 is 0 Å². The molecule has 128 valence electrons. The molecule has 0 atom stereocenters. The summed E-state index contributed by atoms with van der Waals surface area (Å²) in [5.74, 6) is 0.714. The molecule has 0 saturated carbocycles. The van der Waals surface area contributed by atoms with Crippen molar-refractivity contribution >= 4 is 11.7 Å². The van der Waals surface area contributed by atoms with Gasteiger partial charge in [-0.2, -0.15) is 0 Å². The number of nitrogens with one attached hydrogen (secondary N) is 2. The second-order valence-electron chi connectivity index (χ2n) is 6.61. The number of carbonyl (C=O) groups is 1. The van der Waals surface area contributed by atoms with E-state index in [0.29, 0.717) is 18.4 Å². The Kier molecular flexibility index (Phi) is 6.36. The minimum Gasteiger partial charge on any atom is -0.338 e. The number of nitrogens with zero attached hydrogens (tertiary/aromatic N) is 1. The number of carbonyl (C=O) groups excluding carboxylic acids is 1. The first-order valence-electron chi connectivity index (χ1n) is 8.55. The van der Waals surface area contributed by atoms with Gasteiger partial charge in [0.25, 0.3) is 0 Å². The Morgan fingerprint density at radius 3 is 2.12 bits per heavy atom. The fourth-order valence-corrected chi connectivity index (χ4v) is 2.72. The zero-order valence-electron chi connectivity index (χ0n) is 15.0. The summed E-state index contributed by atoms with van der Waals surface area (Å²) in [6.45, 7) is 9.17. The van der Waals surface area contributed by atoms with Crippen LogP contribution in [0.2, 0.25) is 0 Å². The SMILES string of the molecule is CC(C)c1cccc(C(C)C)c1NC(=O)NCCc1ccncc1. The van der Waals surface area contributed by atoms with Gasteiger partial charge in [0.15, 0.2) is 0 Å². The Hall–Kier alpha value is -2.36. The monoisotopic (exact) mass is 325 g/mol. The van der Waals surface area contributed by atoms with Crippen LogP contribution in [0.4, 0.5) is 10.5 Å². The normalized spacial score (nSPS) is 10.9. The maximum atomic E-state index is 12.3. The maximum Gasteiger partial charge on any atom is 0.319 e. The highest BCUT2D eigenvalue weighted by atomic mass is 16.2. The minimum absolute atomic E-state index is 0.154. The van der Waals surface area contributed by atoms with E-state index in [2.05, 4.69) is 61.5 Å². The van der Waals surface area contributed by atoms with Crippen LogP contribution < -0.4 is 10.6 Å². The molecular formula is C20H27N3O. The summed E-state index contributed by atoms with van der Waals surface area (Å²) in [5, 5.41) is 6.01. The van der Waals surface area contributed by atoms with Crippen molar-refractivity contribution in [3.8, 4) is 0 Å². The summed E-state index contributed by atoms with van der Waals surface area (Å²) in [7, 11) is 0. The van der Waals surface area contributed by atoms with Crippen LogP contribution in [-0.2, 0) is 6.42 Å². The van der Waals surface area contributed by atoms with Crippen LogP contribution in [0.15, 0.2) is 42.7 Å². The molecule has 0 aliphatic rings. The molecule has 1 aromatic heterocycles. The lowest BCUT2D eigenvalue weighted by Gasteiger charge is -2.20. The Morgan fingerprint density at radius 2 is 1.58 bits per heavy atom. The second-order valence-corrected chi connectivity index (χ2v) is 6.61. The van der Waals surface area contributed by atoms with Crippen LogP contribution in [0.5, 0.6) is 0 Å². The van der Waals surface area contributed by atoms with Crippen LogP contribution in [0.1, 0.15) is 56.2 Å². The van der Waals surface area contributed by atoms with Crippen LogP contribution in [0.25, 0.3) is 0 Å². The third kappa shape index (κ3) is 4.82. The van der Waals surface area contributed by atoms with E-state index in [9.17, 15) is 4.79 Å². The number of urea groups is 1. The smallest absolute Gasteiger partial charge is 0.319 e. The molecule has 0 saturated heterocycles. The molecule has 24 heavy (non-hydrogen) atoms. The number of anilines is 1. The van der Waals surface area contributed by atoms with Crippen LogP contribution in [0, 0.1) is 0 Å². The highest BCUT2D eigenvalue weighted by Crippen LogP contribution is 2.32. The molecule has 0 fully saturated rings. The molecule has 1 aromatic carbocycles. The Labute approximate surface area is 144 Å². The highest BCUT2D eigenvalue weighted by molar-refractivity contribution is 5.91. The van der Waals surface area contributed by atoms with Crippen molar-refractivity contribution < 1.29 is 4.79 Å². The van der Waals surface area contributed by atoms with E-state index in [1.54, 1.807) is 12.4 Å². The maximum absolute atomic E-state index is 12.3. The van der Waals surface area contributed by atoms with Gasteiger partial charge in [-0.1, -0.05) is 45.9 Å². The molecule has 0 bridgehead atoms. The van der Waals surface area contributed by atoms with Crippen LogP contribution in [-0.4, -0.2) is 17.6 Å².